The number of aliphatic hydroxyl groups excluding tert-OH is 1. The summed E-state index contributed by atoms with van der Waals surface area (Å²) in [4.78, 5) is 15.4. The fourth-order valence-electron chi connectivity index (χ4n) is 5.99. The van der Waals surface area contributed by atoms with Gasteiger partial charge < -0.3 is 14.7 Å². The standard InChI is InChI=1S/C31H39ClN2O5S/c1-20-6-12-29(35)27-11-8-24(27)17-34-14-4-3-5-22-15-26(32)10-7-25(22)18-39-30-13-9-23(16-28(30)34)31(36)33-40(37,38)19-21(20)2/h6-7,9-10,12-13,15-16,20-21,24,27,29,35H,3-5,8,11,14,17-19H2,1-2H3,(H,33,36)/b12-6+/t20-,21+,24+,27-,29+/m1/s1. The average Bonchev–Trinajstić information content (AvgIpc) is 2.91. The van der Waals surface area contributed by atoms with Gasteiger partial charge in [-0.2, -0.15) is 0 Å². The van der Waals surface area contributed by atoms with Gasteiger partial charge in [0.05, 0.1) is 17.5 Å². The molecule has 1 aliphatic carbocycles. The van der Waals surface area contributed by atoms with Gasteiger partial charge in [0.2, 0.25) is 10.0 Å². The number of hydrogen-bond acceptors (Lipinski definition) is 6. The van der Waals surface area contributed by atoms with Gasteiger partial charge in [-0.25, -0.2) is 13.1 Å². The maximum Gasteiger partial charge on any atom is 0.264 e. The van der Waals surface area contributed by atoms with E-state index in [1.54, 1.807) is 18.2 Å². The zero-order valence-corrected chi connectivity index (χ0v) is 24.8. The Morgan fingerprint density at radius 2 is 1.88 bits per heavy atom. The number of anilines is 1. The minimum atomic E-state index is -3.86. The zero-order valence-electron chi connectivity index (χ0n) is 23.2. The lowest BCUT2D eigenvalue weighted by atomic mass is 9.70. The molecule has 9 heteroatoms. The molecule has 216 valence electrons. The number of nitrogens with one attached hydrogen (secondary N) is 1. The fraction of sp³-hybridized carbons (Fsp3) is 0.516. The molecule has 0 radical (unpaired) electrons. The molecule has 2 N–H and O–H groups in total. The molecule has 0 unspecified atom stereocenters. The third-order valence-corrected chi connectivity index (χ3v) is 10.5. The fourth-order valence-corrected chi connectivity index (χ4v) is 7.67. The van der Waals surface area contributed by atoms with Crippen LogP contribution in [0, 0.1) is 23.7 Å². The smallest absolute Gasteiger partial charge is 0.264 e. The van der Waals surface area contributed by atoms with E-state index in [4.69, 9.17) is 16.3 Å². The highest BCUT2D eigenvalue weighted by molar-refractivity contribution is 7.90. The number of aryl methyl sites for hydroxylation is 1. The SMILES string of the molecule is C[C@@H]1/C=C/[C@H](O)[C@@H]2CC[C@H]2CN2CCCCc3cc(Cl)ccc3COc3ccc(cc32)C(=O)NS(=O)(=O)C[C@@H]1C. The Labute approximate surface area is 242 Å². The number of allylic oxidation sites excluding steroid dienone is 1. The minimum absolute atomic E-state index is 0.0687. The molecule has 5 atom stereocenters. The van der Waals surface area contributed by atoms with Crippen molar-refractivity contribution in [1.82, 2.24) is 4.72 Å². The Kier molecular flexibility index (Phi) is 8.78. The van der Waals surface area contributed by atoms with E-state index < -0.39 is 22.0 Å². The van der Waals surface area contributed by atoms with Crippen LogP contribution in [-0.4, -0.2) is 44.4 Å². The molecule has 2 aromatic carbocycles. The lowest BCUT2D eigenvalue weighted by Crippen LogP contribution is -2.43. The number of benzene rings is 2. The van der Waals surface area contributed by atoms with Crippen molar-refractivity contribution < 1.29 is 23.1 Å². The summed E-state index contributed by atoms with van der Waals surface area (Å²) in [6.07, 6.45) is 7.92. The van der Waals surface area contributed by atoms with Gasteiger partial charge >= 0.3 is 0 Å². The van der Waals surface area contributed by atoms with Crippen molar-refractivity contribution in [2.24, 2.45) is 23.7 Å². The molecule has 7 nitrogen and oxygen atoms in total. The monoisotopic (exact) mass is 586 g/mol. The third-order valence-electron chi connectivity index (χ3n) is 8.85. The summed E-state index contributed by atoms with van der Waals surface area (Å²) < 4.78 is 34.4. The predicted molar refractivity (Wildman–Crippen MR) is 158 cm³/mol. The van der Waals surface area contributed by atoms with E-state index in [-0.39, 0.29) is 29.1 Å². The summed E-state index contributed by atoms with van der Waals surface area (Å²) in [5.74, 6) is -0.0501. The summed E-state index contributed by atoms with van der Waals surface area (Å²) in [6.45, 7) is 5.62. The van der Waals surface area contributed by atoms with E-state index in [1.807, 2.05) is 44.2 Å². The molecule has 0 aromatic heterocycles. The van der Waals surface area contributed by atoms with E-state index in [1.165, 1.54) is 5.56 Å². The van der Waals surface area contributed by atoms with Gasteiger partial charge in [0, 0.05) is 23.7 Å². The average molecular weight is 587 g/mol. The van der Waals surface area contributed by atoms with Crippen molar-refractivity contribution in [2.45, 2.75) is 58.7 Å². The normalized spacial score (nSPS) is 29.9. The number of ether oxygens (including phenoxy) is 1. The van der Waals surface area contributed by atoms with E-state index in [0.717, 1.165) is 56.4 Å². The van der Waals surface area contributed by atoms with Crippen LogP contribution in [0.4, 0.5) is 5.69 Å². The molecule has 2 bridgehead atoms. The molecule has 5 rings (SSSR count). The molecule has 2 aromatic rings. The molecule has 3 aliphatic rings. The second-order valence-electron chi connectivity index (χ2n) is 11.7. The van der Waals surface area contributed by atoms with Crippen LogP contribution >= 0.6 is 11.6 Å². The largest absolute Gasteiger partial charge is 0.487 e. The van der Waals surface area contributed by atoms with Crippen molar-refractivity contribution in [3.05, 3.63) is 70.3 Å². The summed E-state index contributed by atoms with van der Waals surface area (Å²) in [5, 5.41) is 11.7. The lowest BCUT2D eigenvalue weighted by molar-refractivity contribution is 0.0459. The maximum atomic E-state index is 13.2. The zero-order chi connectivity index (χ0) is 28.4. The Balaban J connectivity index is 1.53. The van der Waals surface area contributed by atoms with Crippen molar-refractivity contribution in [1.29, 1.82) is 0 Å². The molecule has 40 heavy (non-hydrogen) atoms. The van der Waals surface area contributed by atoms with Crippen LogP contribution in [0.2, 0.25) is 5.02 Å². The Hall–Kier alpha value is -2.55. The van der Waals surface area contributed by atoms with Gasteiger partial charge in [-0.15, -0.1) is 0 Å². The minimum Gasteiger partial charge on any atom is -0.487 e. The number of aliphatic hydroxyl groups is 1. The maximum absolute atomic E-state index is 13.2. The first kappa shape index (κ1) is 29.0. The second-order valence-corrected chi connectivity index (χ2v) is 13.9. The van der Waals surface area contributed by atoms with Crippen molar-refractivity contribution >= 4 is 33.2 Å². The highest BCUT2D eigenvalue weighted by Crippen LogP contribution is 2.41. The molecule has 0 spiro atoms. The molecule has 1 fully saturated rings. The van der Waals surface area contributed by atoms with Gasteiger partial charge in [-0.3, -0.25) is 4.79 Å². The number of fused-ring (bicyclic) bond motifs is 3. The molecule has 0 saturated heterocycles. The molecule has 1 saturated carbocycles. The highest BCUT2D eigenvalue weighted by Gasteiger charge is 2.37. The first-order valence-corrected chi connectivity index (χ1v) is 16.3. The van der Waals surface area contributed by atoms with Crippen molar-refractivity contribution in [2.75, 3.05) is 23.7 Å². The summed E-state index contributed by atoms with van der Waals surface area (Å²) in [5.41, 5.74) is 3.29. The second kappa shape index (κ2) is 12.1. The lowest BCUT2D eigenvalue weighted by Gasteiger charge is -2.42. The number of halogens is 1. The predicted octanol–water partition coefficient (Wildman–Crippen LogP) is 5.35. The summed E-state index contributed by atoms with van der Waals surface area (Å²) >= 11 is 6.29. The Morgan fingerprint density at radius 1 is 1.05 bits per heavy atom. The molecular weight excluding hydrogens is 548 g/mol. The first-order valence-electron chi connectivity index (χ1n) is 14.3. The van der Waals surface area contributed by atoms with Gasteiger partial charge in [0.15, 0.2) is 0 Å². The van der Waals surface area contributed by atoms with E-state index >= 15 is 0 Å². The highest BCUT2D eigenvalue weighted by atomic mass is 35.5. The number of nitrogens with zero attached hydrogens (tertiary/aromatic N) is 1. The van der Waals surface area contributed by atoms with Crippen LogP contribution in [-0.2, 0) is 23.1 Å². The molecule has 1 amide bonds. The number of amides is 1. The number of sulfonamides is 1. The molecule has 2 aliphatic heterocycles. The molecular formula is C31H39ClN2O5S. The number of carbonyl (C=O) groups excluding carboxylic acids is 1. The third kappa shape index (κ3) is 6.67. The van der Waals surface area contributed by atoms with E-state index in [0.29, 0.717) is 23.3 Å². The van der Waals surface area contributed by atoms with Gasteiger partial charge in [-0.05, 0) is 97.2 Å². The summed E-state index contributed by atoms with van der Waals surface area (Å²) in [6, 6.07) is 11.0. The van der Waals surface area contributed by atoms with Crippen LogP contribution in [0.3, 0.4) is 0 Å². The van der Waals surface area contributed by atoms with Gasteiger partial charge in [-0.1, -0.05) is 43.7 Å². The van der Waals surface area contributed by atoms with E-state index in [9.17, 15) is 18.3 Å². The van der Waals surface area contributed by atoms with Crippen LogP contribution in [0.25, 0.3) is 0 Å². The summed E-state index contributed by atoms with van der Waals surface area (Å²) in [7, 11) is -3.86. The number of carbonyl (C=O) groups is 1. The van der Waals surface area contributed by atoms with Crippen LogP contribution in [0.5, 0.6) is 5.75 Å². The Bertz CT molecular complexity index is 1380. The number of hydrogen-bond donors (Lipinski definition) is 2. The quantitative estimate of drug-likeness (QED) is 0.404. The van der Waals surface area contributed by atoms with Crippen LogP contribution in [0.15, 0.2) is 48.6 Å². The van der Waals surface area contributed by atoms with Crippen molar-refractivity contribution in [3.63, 3.8) is 0 Å². The first-order chi connectivity index (χ1) is 19.1. The molecule has 2 heterocycles. The number of rotatable bonds is 0. The van der Waals surface area contributed by atoms with Gasteiger partial charge in [0.1, 0.15) is 12.4 Å². The topological polar surface area (TPSA) is 95.9 Å². The van der Waals surface area contributed by atoms with Gasteiger partial charge in [0.25, 0.3) is 5.91 Å². The van der Waals surface area contributed by atoms with Crippen molar-refractivity contribution in [3.8, 4) is 5.75 Å². The van der Waals surface area contributed by atoms with Crippen LogP contribution in [0.1, 0.15) is 61.0 Å². The van der Waals surface area contributed by atoms with Crippen LogP contribution < -0.4 is 14.4 Å². The van der Waals surface area contributed by atoms with E-state index in [2.05, 4.69) is 9.62 Å². The Morgan fingerprint density at radius 3 is 2.65 bits per heavy atom.